The molecule has 0 aromatic carbocycles. The number of rotatable bonds is 7. The number of nitrogens with zero attached hydrogens (tertiary/aromatic N) is 2. The topological polar surface area (TPSA) is 94.5 Å². The second-order valence-corrected chi connectivity index (χ2v) is 6.83. The summed E-state index contributed by atoms with van der Waals surface area (Å²) >= 11 is 1.74. The number of carbonyl (C=O) groups is 2. The van der Waals surface area contributed by atoms with Crippen molar-refractivity contribution in [3.63, 3.8) is 0 Å². The molecule has 3 heterocycles. The van der Waals surface area contributed by atoms with Gasteiger partial charge in [-0.1, -0.05) is 0 Å². The molecule has 2 aliphatic rings. The third-order valence-electron chi connectivity index (χ3n) is 4.00. The maximum atomic E-state index is 12.2. The summed E-state index contributed by atoms with van der Waals surface area (Å²) in [6.07, 6.45) is 2.12. The molecule has 0 aliphatic carbocycles. The normalized spacial score (nSPS) is 19.3. The summed E-state index contributed by atoms with van der Waals surface area (Å²) in [7, 11) is 1.47. The van der Waals surface area contributed by atoms with E-state index < -0.39 is 0 Å². The van der Waals surface area contributed by atoms with E-state index in [1.54, 1.807) is 16.4 Å². The standard InChI is InChI=1S/C15H22N4O4S/c1-22-7-14(21)17-15-11-8-24-9-12(11)18-19(15)6-13(20)16-5-10-3-2-4-23-10/h10H,2-9H2,1H3,(H,16,20)(H,17,21). The van der Waals surface area contributed by atoms with Crippen LogP contribution in [-0.4, -0.2) is 54.6 Å². The van der Waals surface area contributed by atoms with Crippen LogP contribution in [0.3, 0.4) is 0 Å². The van der Waals surface area contributed by atoms with Crippen molar-refractivity contribution in [2.24, 2.45) is 0 Å². The number of nitrogens with one attached hydrogen (secondary N) is 2. The van der Waals surface area contributed by atoms with Crippen molar-refractivity contribution in [3.05, 3.63) is 11.3 Å². The van der Waals surface area contributed by atoms with Crippen molar-refractivity contribution < 1.29 is 19.1 Å². The van der Waals surface area contributed by atoms with Crippen LogP contribution in [0.4, 0.5) is 5.82 Å². The SMILES string of the molecule is COCC(=O)Nc1c2c(nn1CC(=O)NCC1CCCO1)CSC2. The van der Waals surface area contributed by atoms with E-state index in [2.05, 4.69) is 15.7 Å². The predicted octanol–water partition coefficient (Wildman–Crippen LogP) is 0.510. The number of anilines is 1. The fourth-order valence-corrected chi connectivity index (χ4v) is 3.88. The van der Waals surface area contributed by atoms with Crippen LogP contribution in [0, 0.1) is 0 Å². The maximum Gasteiger partial charge on any atom is 0.251 e. The molecule has 1 unspecified atom stereocenters. The summed E-state index contributed by atoms with van der Waals surface area (Å²) in [6, 6.07) is 0. The number of amides is 2. The molecule has 0 bridgehead atoms. The van der Waals surface area contributed by atoms with Crippen molar-refractivity contribution in [3.8, 4) is 0 Å². The van der Waals surface area contributed by atoms with Gasteiger partial charge in [0.05, 0.1) is 11.8 Å². The molecular formula is C15H22N4O4S. The molecular weight excluding hydrogens is 332 g/mol. The smallest absolute Gasteiger partial charge is 0.251 e. The molecule has 1 saturated heterocycles. The van der Waals surface area contributed by atoms with E-state index in [9.17, 15) is 9.59 Å². The van der Waals surface area contributed by atoms with E-state index in [-0.39, 0.29) is 31.1 Å². The van der Waals surface area contributed by atoms with Gasteiger partial charge in [0, 0.05) is 37.3 Å². The summed E-state index contributed by atoms with van der Waals surface area (Å²) in [5.74, 6) is 1.80. The van der Waals surface area contributed by atoms with Crippen molar-refractivity contribution in [2.75, 3.05) is 32.2 Å². The van der Waals surface area contributed by atoms with Crippen LogP contribution in [0.2, 0.25) is 0 Å². The van der Waals surface area contributed by atoms with Gasteiger partial charge in [-0.25, -0.2) is 4.68 Å². The van der Waals surface area contributed by atoms with Gasteiger partial charge in [-0.3, -0.25) is 9.59 Å². The first-order valence-electron chi connectivity index (χ1n) is 8.00. The molecule has 1 fully saturated rings. The molecule has 8 nitrogen and oxygen atoms in total. The van der Waals surface area contributed by atoms with Crippen LogP contribution in [0.1, 0.15) is 24.1 Å². The Hall–Kier alpha value is -1.58. The van der Waals surface area contributed by atoms with E-state index in [0.717, 1.165) is 42.2 Å². The molecule has 2 aliphatic heterocycles. The highest BCUT2D eigenvalue weighted by atomic mass is 32.2. The molecule has 1 aromatic rings. The second-order valence-electron chi connectivity index (χ2n) is 5.84. The highest BCUT2D eigenvalue weighted by Crippen LogP contribution is 2.34. The Balaban J connectivity index is 1.63. The minimum atomic E-state index is -0.252. The number of fused-ring (bicyclic) bond motifs is 1. The zero-order valence-corrected chi connectivity index (χ0v) is 14.5. The van der Waals surface area contributed by atoms with Gasteiger partial charge < -0.3 is 20.1 Å². The molecule has 3 rings (SSSR count). The molecule has 1 atom stereocenters. The van der Waals surface area contributed by atoms with Crippen LogP contribution in [0.15, 0.2) is 0 Å². The molecule has 132 valence electrons. The van der Waals surface area contributed by atoms with Gasteiger partial charge in [0.25, 0.3) is 5.91 Å². The Bertz CT molecular complexity index is 613. The van der Waals surface area contributed by atoms with Crippen LogP contribution < -0.4 is 10.6 Å². The Morgan fingerprint density at radius 3 is 3.04 bits per heavy atom. The molecule has 2 N–H and O–H groups in total. The molecule has 2 amide bonds. The first kappa shape index (κ1) is 17.2. The zero-order valence-electron chi connectivity index (χ0n) is 13.7. The number of thioether (sulfide) groups is 1. The van der Waals surface area contributed by atoms with Crippen molar-refractivity contribution >= 4 is 29.4 Å². The third-order valence-corrected chi connectivity index (χ3v) is 4.97. The largest absolute Gasteiger partial charge is 0.376 e. The van der Waals surface area contributed by atoms with E-state index in [1.165, 1.54) is 7.11 Å². The number of carbonyl (C=O) groups excluding carboxylic acids is 2. The minimum Gasteiger partial charge on any atom is -0.376 e. The number of hydrogen-bond donors (Lipinski definition) is 2. The molecule has 24 heavy (non-hydrogen) atoms. The maximum absolute atomic E-state index is 12.2. The quantitative estimate of drug-likeness (QED) is 0.741. The number of methoxy groups -OCH3 is 1. The fourth-order valence-electron chi connectivity index (χ4n) is 2.84. The summed E-state index contributed by atoms with van der Waals surface area (Å²) in [4.78, 5) is 24.0. The Morgan fingerprint density at radius 1 is 1.42 bits per heavy atom. The summed E-state index contributed by atoms with van der Waals surface area (Å²) < 4.78 is 11.9. The van der Waals surface area contributed by atoms with Gasteiger partial charge in [-0.05, 0) is 12.8 Å². The highest BCUT2D eigenvalue weighted by molar-refractivity contribution is 7.98. The van der Waals surface area contributed by atoms with E-state index in [4.69, 9.17) is 9.47 Å². The molecule has 1 aromatic heterocycles. The minimum absolute atomic E-state index is 0.0295. The zero-order chi connectivity index (χ0) is 16.9. The Morgan fingerprint density at radius 2 is 2.29 bits per heavy atom. The van der Waals surface area contributed by atoms with Gasteiger partial charge in [-0.15, -0.1) is 0 Å². The Kier molecular flexibility index (Phi) is 5.75. The van der Waals surface area contributed by atoms with E-state index in [0.29, 0.717) is 12.4 Å². The van der Waals surface area contributed by atoms with Crippen LogP contribution in [0.25, 0.3) is 0 Å². The lowest BCUT2D eigenvalue weighted by molar-refractivity contribution is -0.122. The summed E-state index contributed by atoms with van der Waals surface area (Å²) in [5, 5.41) is 10.2. The number of ether oxygens (including phenoxy) is 2. The van der Waals surface area contributed by atoms with Crippen molar-refractivity contribution in [1.29, 1.82) is 0 Å². The second kappa shape index (κ2) is 8.00. The monoisotopic (exact) mass is 354 g/mol. The lowest BCUT2D eigenvalue weighted by Crippen LogP contribution is -2.34. The lowest BCUT2D eigenvalue weighted by atomic mass is 10.2. The average Bonchev–Trinajstić information content (AvgIpc) is 3.26. The van der Waals surface area contributed by atoms with Gasteiger partial charge in [0.2, 0.25) is 5.91 Å². The molecule has 0 radical (unpaired) electrons. The van der Waals surface area contributed by atoms with Crippen LogP contribution >= 0.6 is 11.8 Å². The average molecular weight is 354 g/mol. The number of hydrogen-bond acceptors (Lipinski definition) is 6. The molecule has 9 heteroatoms. The van der Waals surface area contributed by atoms with Gasteiger partial charge in [0.15, 0.2) is 0 Å². The highest BCUT2D eigenvalue weighted by Gasteiger charge is 2.25. The van der Waals surface area contributed by atoms with Crippen molar-refractivity contribution in [2.45, 2.75) is 37.0 Å². The summed E-state index contributed by atoms with van der Waals surface area (Å²) in [6.45, 7) is 1.33. The predicted molar refractivity (Wildman–Crippen MR) is 89.7 cm³/mol. The van der Waals surface area contributed by atoms with Crippen LogP contribution in [-0.2, 0) is 37.1 Å². The van der Waals surface area contributed by atoms with Gasteiger partial charge in [0.1, 0.15) is 19.0 Å². The van der Waals surface area contributed by atoms with Crippen molar-refractivity contribution in [1.82, 2.24) is 15.1 Å². The third kappa shape index (κ3) is 4.08. The molecule has 0 spiro atoms. The van der Waals surface area contributed by atoms with Gasteiger partial charge >= 0.3 is 0 Å². The Labute approximate surface area is 144 Å². The van der Waals surface area contributed by atoms with E-state index in [1.807, 2.05) is 0 Å². The first-order chi connectivity index (χ1) is 11.7. The van der Waals surface area contributed by atoms with Crippen LogP contribution in [0.5, 0.6) is 0 Å². The van der Waals surface area contributed by atoms with Gasteiger partial charge in [-0.2, -0.15) is 16.9 Å². The summed E-state index contributed by atoms with van der Waals surface area (Å²) in [5.41, 5.74) is 1.93. The number of aromatic nitrogens is 2. The van der Waals surface area contributed by atoms with E-state index >= 15 is 0 Å². The molecule has 0 saturated carbocycles. The first-order valence-corrected chi connectivity index (χ1v) is 9.16. The fraction of sp³-hybridized carbons (Fsp3) is 0.667. The lowest BCUT2D eigenvalue weighted by Gasteiger charge is -2.13.